The van der Waals surface area contributed by atoms with Crippen LogP contribution in [0.15, 0.2) is 48.5 Å². The fourth-order valence-corrected chi connectivity index (χ4v) is 6.90. The van der Waals surface area contributed by atoms with E-state index in [1.807, 2.05) is 34.9 Å². The zero-order valence-electron chi connectivity index (χ0n) is 27.3. The summed E-state index contributed by atoms with van der Waals surface area (Å²) in [5.41, 5.74) is 2.18. The van der Waals surface area contributed by atoms with Gasteiger partial charge in [-0.2, -0.15) is 0 Å². The molecule has 0 aromatic heterocycles. The van der Waals surface area contributed by atoms with E-state index in [-0.39, 0.29) is 17.7 Å². The number of rotatable bonds is 6. The highest BCUT2D eigenvalue weighted by Gasteiger charge is 2.32. The van der Waals surface area contributed by atoms with Crippen LogP contribution in [0.3, 0.4) is 0 Å². The summed E-state index contributed by atoms with van der Waals surface area (Å²) >= 11 is 0. The molecule has 0 spiro atoms. The van der Waals surface area contributed by atoms with Crippen LogP contribution in [0, 0.1) is 5.82 Å². The molecular formula is C35H49FN6O4. The summed E-state index contributed by atoms with van der Waals surface area (Å²) in [6, 6.07) is 13.7. The van der Waals surface area contributed by atoms with Crippen molar-refractivity contribution in [2.75, 3.05) is 51.6 Å². The predicted molar refractivity (Wildman–Crippen MR) is 176 cm³/mol. The molecule has 3 fully saturated rings. The molecular weight excluding hydrogens is 587 g/mol. The van der Waals surface area contributed by atoms with Gasteiger partial charge in [0.1, 0.15) is 17.6 Å². The van der Waals surface area contributed by atoms with Gasteiger partial charge in [-0.1, -0.05) is 31.5 Å². The summed E-state index contributed by atoms with van der Waals surface area (Å²) in [7, 11) is 2.14. The molecule has 2 aromatic carbocycles. The number of carbonyl (C=O) groups is 3. The Labute approximate surface area is 272 Å². The number of anilines is 1. The number of hydrogen-bond donors (Lipinski definition) is 2. The number of urea groups is 1. The number of amides is 4. The average molecular weight is 637 g/mol. The van der Waals surface area contributed by atoms with Crippen LogP contribution in [0.25, 0.3) is 0 Å². The SMILES string of the molecule is CC[C@H](NC(=O)Oc1ccc(F)cc1)C(=O)N1CCC(N2CCCCC2)CC1.CN1CCC(N2Cc3ccccc3NC2=O)CC1. The monoisotopic (exact) mass is 636 g/mol. The number of piperidine rings is 3. The van der Waals surface area contributed by atoms with Crippen LogP contribution >= 0.6 is 0 Å². The number of hydrogen-bond acceptors (Lipinski definition) is 6. The standard InChI is InChI=1S/C21H30FN3O3.C14H19N3O/c1-2-19(23-21(27)28-18-8-6-16(22)7-9-18)20(26)25-14-10-17(11-15-25)24-12-4-3-5-13-24;1-16-8-6-12(7-9-16)17-10-11-4-2-3-5-13(11)15-14(17)18/h6-9,17,19H,2-5,10-15H2,1H3,(H,23,27);2-5,12H,6-10H2,1H3,(H,15,18)/t19-;/m0./s1. The zero-order chi connectivity index (χ0) is 32.5. The molecule has 4 aliphatic heterocycles. The van der Waals surface area contributed by atoms with Crippen LogP contribution in [0.5, 0.6) is 5.75 Å². The third-order valence-electron chi connectivity index (χ3n) is 9.70. The van der Waals surface area contributed by atoms with Crippen LogP contribution in [0.1, 0.15) is 63.9 Å². The van der Waals surface area contributed by atoms with Crippen molar-refractivity contribution in [1.29, 1.82) is 0 Å². The first-order valence-electron chi connectivity index (χ1n) is 16.9. The fourth-order valence-electron chi connectivity index (χ4n) is 6.90. The Morgan fingerprint density at radius 3 is 2.24 bits per heavy atom. The van der Waals surface area contributed by atoms with E-state index in [4.69, 9.17) is 4.74 Å². The summed E-state index contributed by atoms with van der Waals surface area (Å²) in [5.74, 6) is -0.221. The van der Waals surface area contributed by atoms with Gasteiger partial charge in [0.15, 0.2) is 0 Å². The molecule has 2 aromatic rings. The molecule has 2 N–H and O–H groups in total. The van der Waals surface area contributed by atoms with Crippen LogP contribution in [0.4, 0.5) is 19.7 Å². The molecule has 4 aliphatic rings. The maximum Gasteiger partial charge on any atom is 0.413 e. The van der Waals surface area contributed by atoms with Gasteiger partial charge in [0.25, 0.3) is 0 Å². The molecule has 10 nitrogen and oxygen atoms in total. The molecule has 46 heavy (non-hydrogen) atoms. The van der Waals surface area contributed by atoms with E-state index in [1.165, 1.54) is 62.2 Å². The molecule has 6 rings (SSSR count). The Balaban J connectivity index is 0.000000198. The largest absolute Gasteiger partial charge is 0.413 e. The van der Waals surface area contributed by atoms with Gasteiger partial charge in [0.2, 0.25) is 5.91 Å². The van der Waals surface area contributed by atoms with Gasteiger partial charge >= 0.3 is 12.1 Å². The van der Waals surface area contributed by atoms with Crippen molar-refractivity contribution in [2.24, 2.45) is 0 Å². The smallest absolute Gasteiger partial charge is 0.410 e. The molecule has 1 atom stereocenters. The second-order valence-corrected chi connectivity index (χ2v) is 12.9. The quantitative estimate of drug-likeness (QED) is 0.447. The van der Waals surface area contributed by atoms with E-state index in [1.54, 1.807) is 0 Å². The van der Waals surface area contributed by atoms with Gasteiger partial charge in [-0.15, -0.1) is 0 Å². The summed E-state index contributed by atoms with van der Waals surface area (Å²) in [6.07, 6.45) is 7.79. The topological polar surface area (TPSA) is 97.5 Å². The number of fused-ring (bicyclic) bond motifs is 1. The van der Waals surface area contributed by atoms with E-state index in [0.29, 0.717) is 18.5 Å². The first kappa shape index (κ1) is 33.7. The van der Waals surface area contributed by atoms with Crippen molar-refractivity contribution in [3.05, 3.63) is 59.9 Å². The number of para-hydroxylation sites is 1. The number of likely N-dealkylation sites (tertiary alicyclic amines) is 3. The van der Waals surface area contributed by atoms with Gasteiger partial charge < -0.3 is 35.0 Å². The van der Waals surface area contributed by atoms with Crippen LogP contribution in [0.2, 0.25) is 0 Å². The second kappa shape index (κ2) is 16.2. The highest BCUT2D eigenvalue weighted by atomic mass is 19.1. The number of benzene rings is 2. The first-order chi connectivity index (χ1) is 22.3. The summed E-state index contributed by atoms with van der Waals surface area (Å²) in [6.45, 7) is 8.57. The van der Waals surface area contributed by atoms with E-state index < -0.39 is 18.0 Å². The van der Waals surface area contributed by atoms with Crippen LogP contribution in [-0.2, 0) is 11.3 Å². The van der Waals surface area contributed by atoms with Crippen molar-refractivity contribution in [2.45, 2.75) is 83.0 Å². The highest BCUT2D eigenvalue weighted by Crippen LogP contribution is 2.27. The number of ether oxygens (including phenoxy) is 1. The lowest BCUT2D eigenvalue weighted by atomic mass is 9.99. The lowest BCUT2D eigenvalue weighted by Gasteiger charge is -2.40. The van der Waals surface area contributed by atoms with Gasteiger partial charge in [-0.05, 0) is 114 Å². The minimum absolute atomic E-state index is 0.0586. The predicted octanol–water partition coefficient (Wildman–Crippen LogP) is 5.30. The average Bonchev–Trinajstić information content (AvgIpc) is 3.09. The molecule has 11 heteroatoms. The van der Waals surface area contributed by atoms with Gasteiger partial charge in [0.05, 0.1) is 0 Å². The molecule has 3 saturated heterocycles. The van der Waals surface area contributed by atoms with Gasteiger partial charge in [-0.25, -0.2) is 14.0 Å². The molecule has 0 unspecified atom stereocenters. The van der Waals surface area contributed by atoms with Crippen LogP contribution in [-0.4, -0.2) is 102 Å². The summed E-state index contributed by atoms with van der Waals surface area (Å²) < 4.78 is 18.1. The molecule has 0 saturated carbocycles. The van der Waals surface area contributed by atoms with Crippen LogP contribution < -0.4 is 15.4 Å². The lowest BCUT2D eigenvalue weighted by molar-refractivity contribution is -0.135. The molecule has 250 valence electrons. The van der Waals surface area contributed by atoms with E-state index in [9.17, 15) is 18.8 Å². The van der Waals surface area contributed by atoms with E-state index >= 15 is 0 Å². The molecule has 4 amide bonds. The normalized spacial score (nSPS) is 20.5. The van der Waals surface area contributed by atoms with E-state index in [2.05, 4.69) is 33.5 Å². The van der Waals surface area contributed by atoms with Gasteiger partial charge in [-0.3, -0.25) is 4.79 Å². The Morgan fingerprint density at radius 1 is 0.913 bits per heavy atom. The summed E-state index contributed by atoms with van der Waals surface area (Å²) in [4.78, 5) is 45.8. The third-order valence-corrected chi connectivity index (χ3v) is 9.70. The van der Waals surface area contributed by atoms with Gasteiger partial charge in [0, 0.05) is 37.4 Å². The molecule has 0 aliphatic carbocycles. The first-order valence-corrected chi connectivity index (χ1v) is 16.9. The van der Waals surface area contributed by atoms with Crippen molar-refractivity contribution in [3.63, 3.8) is 0 Å². The Kier molecular flexibility index (Phi) is 11.9. The number of carbonyl (C=O) groups excluding carboxylic acids is 3. The Bertz CT molecular complexity index is 1300. The number of nitrogens with zero attached hydrogens (tertiary/aromatic N) is 4. The number of halogens is 1. The minimum atomic E-state index is -0.699. The molecule has 4 heterocycles. The van der Waals surface area contributed by atoms with E-state index in [0.717, 1.165) is 64.1 Å². The van der Waals surface area contributed by atoms with Crippen molar-refractivity contribution in [3.8, 4) is 5.75 Å². The summed E-state index contributed by atoms with van der Waals surface area (Å²) in [5, 5.41) is 5.64. The minimum Gasteiger partial charge on any atom is -0.410 e. The zero-order valence-corrected chi connectivity index (χ0v) is 27.3. The van der Waals surface area contributed by atoms with Crippen molar-refractivity contribution < 1.29 is 23.5 Å². The maximum absolute atomic E-state index is 12.9. The third kappa shape index (κ3) is 8.97. The molecule has 0 bridgehead atoms. The van der Waals surface area contributed by atoms with Crippen molar-refractivity contribution >= 4 is 23.7 Å². The maximum atomic E-state index is 12.9. The molecule has 0 radical (unpaired) electrons. The number of nitrogens with one attached hydrogen (secondary N) is 2. The fraction of sp³-hybridized carbons (Fsp3) is 0.571. The lowest BCUT2D eigenvalue weighted by Crippen LogP contribution is -2.53. The second-order valence-electron chi connectivity index (χ2n) is 12.9. The Hall–Kier alpha value is -3.70. The Morgan fingerprint density at radius 2 is 1.57 bits per heavy atom. The van der Waals surface area contributed by atoms with Crippen molar-refractivity contribution in [1.82, 2.24) is 24.9 Å². The highest BCUT2D eigenvalue weighted by molar-refractivity contribution is 5.92.